The number of piperidine rings is 1. The molecule has 1 saturated heterocycles. The van der Waals surface area contributed by atoms with Crippen molar-refractivity contribution in [2.24, 2.45) is 5.73 Å². The van der Waals surface area contributed by atoms with Gasteiger partial charge in [0.05, 0.1) is 12.7 Å². The number of carbonyl (C=O) groups is 1. The smallest absolute Gasteiger partial charge is 0.277 e. The van der Waals surface area contributed by atoms with Gasteiger partial charge in [-0.05, 0) is 38.1 Å². The van der Waals surface area contributed by atoms with E-state index in [2.05, 4.69) is 26.7 Å². The van der Waals surface area contributed by atoms with Gasteiger partial charge in [-0.25, -0.2) is 9.97 Å². The van der Waals surface area contributed by atoms with E-state index in [9.17, 15) is 4.79 Å². The molecule has 7 heteroatoms. The molecule has 0 spiro atoms. The first-order valence-corrected chi connectivity index (χ1v) is 10.6. The number of carbonyl (C=O) groups excluding carboxylic acids is 1. The molecule has 4 rings (SSSR count). The van der Waals surface area contributed by atoms with Crippen LogP contribution in [0.2, 0.25) is 0 Å². The molecule has 2 N–H and O–H groups in total. The van der Waals surface area contributed by atoms with Crippen LogP contribution in [0, 0.1) is 18.8 Å². The van der Waals surface area contributed by atoms with E-state index in [1.54, 1.807) is 25.1 Å². The summed E-state index contributed by atoms with van der Waals surface area (Å²) in [7, 11) is 1.76. The number of rotatable bonds is 4. The molecule has 1 aliphatic rings. The number of anilines is 2. The van der Waals surface area contributed by atoms with Gasteiger partial charge in [0, 0.05) is 37.3 Å². The summed E-state index contributed by atoms with van der Waals surface area (Å²) in [5.74, 6) is 7.22. The summed E-state index contributed by atoms with van der Waals surface area (Å²) in [4.78, 5) is 26.6. The molecule has 31 heavy (non-hydrogen) atoms. The Kier molecular flexibility index (Phi) is 5.92. The Morgan fingerprint density at radius 3 is 2.94 bits per heavy atom. The highest BCUT2D eigenvalue weighted by Gasteiger charge is 2.26. The zero-order valence-electron chi connectivity index (χ0n) is 18.3. The summed E-state index contributed by atoms with van der Waals surface area (Å²) in [6.45, 7) is 5.73. The van der Waals surface area contributed by atoms with Crippen molar-refractivity contribution in [3.63, 3.8) is 0 Å². The third kappa shape index (κ3) is 4.12. The molecule has 0 aliphatic carbocycles. The molecule has 1 amide bonds. The summed E-state index contributed by atoms with van der Waals surface area (Å²) in [5, 5.41) is 1.99. The van der Waals surface area contributed by atoms with Gasteiger partial charge in [0.25, 0.3) is 5.91 Å². The van der Waals surface area contributed by atoms with Gasteiger partial charge in [-0.1, -0.05) is 30.2 Å². The van der Waals surface area contributed by atoms with Crippen LogP contribution in [0.4, 0.5) is 11.8 Å². The fourth-order valence-corrected chi connectivity index (χ4v) is 4.13. The molecule has 160 valence electrons. The number of benzene rings is 1. The van der Waals surface area contributed by atoms with Gasteiger partial charge in [0.15, 0.2) is 0 Å². The Morgan fingerprint density at radius 1 is 1.35 bits per heavy atom. The van der Waals surface area contributed by atoms with Crippen LogP contribution in [0.15, 0.2) is 36.5 Å². The SMILES string of the molecule is CC#CCn1c(C(=O)N(C)c2nc(C)cc3ccccc23)cnc1N1CCCC(N)C1. The van der Waals surface area contributed by atoms with Gasteiger partial charge in [-0.15, -0.1) is 5.92 Å². The average Bonchev–Trinajstić information content (AvgIpc) is 3.19. The lowest BCUT2D eigenvalue weighted by atomic mass is 10.1. The molecule has 1 unspecified atom stereocenters. The van der Waals surface area contributed by atoms with Crippen molar-refractivity contribution < 1.29 is 4.79 Å². The summed E-state index contributed by atoms with van der Waals surface area (Å²) in [6, 6.07) is 10.1. The van der Waals surface area contributed by atoms with Gasteiger partial charge >= 0.3 is 0 Å². The van der Waals surface area contributed by atoms with Crippen LogP contribution in [-0.2, 0) is 6.54 Å². The number of nitrogens with two attached hydrogens (primary N) is 1. The Balaban J connectivity index is 1.73. The van der Waals surface area contributed by atoms with E-state index in [1.807, 2.05) is 41.8 Å². The molecule has 1 fully saturated rings. The minimum Gasteiger partial charge on any atom is -0.341 e. The maximum atomic E-state index is 13.6. The first-order valence-electron chi connectivity index (χ1n) is 10.6. The Hall–Kier alpha value is -3.37. The van der Waals surface area contributed by atoms with Crippen LogP contribution < -0.4 is 15.5 Å². The number of aryl methyl sites for hydroxylation is 1. The number of imidazole rings is 1. The van der Waals surface area contributed by atoms with Crippen LogP contribution >= 0.6 is 0 Å². The van der Waals surface area contributed by atoms with E-state index in [0.29, 0.717) is 18.1 Å². The molecule has 0 bridgehead atoms. The molecule has 0 saturated carbocycles. The van der Waals surface area contributed by atoms with Crippen molar-refractivity contribution in [3.8, 4) is 11.8 Å². The van der Waals surface area contributed by atoms with Crippen molar-refractivity contribution in [3.05, 3.63) is 47.9 Å². The highest BCUT2D eigenvalue weighted by atomic mass is 16.2. The number of hydrogen-bond donors (Lipinski definition) is 1. The zero-order valence-corrected chi connectivity index (χ0v) is 18.3. The second-order valence-corrected chi connectivity index (χ2v) is 7.98. The number of amides is 1. The topological polar surface area (TPSA) is 80.3 Å². The fourth-order valence-electron chi connectivity index (χ4n) is 4.13. The first kappa shape index (κ1) is 20.9. The summed E-state index contributed by atoms with van der Waals surface area (Å²) in [5.41, 5.74) is 7.54. The fraction of sp³-hybridized carbons (Fsp3) is 0.375. The highest BCUT2D eigenvalue weighted by molar-refractivity contribution is 6.08. The van der Waals surface area contributed by atoms with E-state index in [-0.39, 0.29) is 11.9 Å². The maximum Gasteiger partial charge on any atom is 0.277 e. The van der Waals surface area contributed by atoms with Crippen LogP contribution in [-0.4, -0.2) is 46.6 Å². The van der Waals surface area contributed by atoms with Crippen molar-refractivity contribution >= 4 is 28.4 Å². The highest BCUT2D eigenvalue weighted by Crippen LogP contribution is 2.27. The van der Waals surface area contributed by atoms with E-state index in [0.717, 1.165) is 48.3 Å². The minimum absolute atomic E-state index is 0.112. The van der Waals surface area contributed by atoms with Crippen LogP contribution in [0.5, 0.6) is 0 Å². The second-order valence-electron chi connectivity index (χ2n) is 7.98. The average molecular weight is 417 g/mol. The Bertz CT molecular complexity index is 1170. The lowest BCUT2D eigenvalue weighted by Gasteiger charge is -2.32. The lowest BCUT2D eigenvalue weighted by molar-refractivity contribution is 0.0984. The van der Waals surface area contributed by atoms with Crippen LogP contribution in [0.25, 0.3) is 10.8 Å². The Labute approximate surface area is 182 Å². The summed E-state index contributed by atoms with van der Waals surface area (Å²) < 4.78 is 1.89. The molecule has 1 aliphatic heterocycles. The van der Waals surface area contributed by atoms with Crippen LogP contribution in [0.1, 0.15) is 35.9 Å². The lowest BCUT2D eigenvalue weighted by Crippen LogP contribution is -2.44. The molecule has 2 aromatic heterocycles. The van der Waals surface area contributed by atoms with Crippen molar-refractivity contribution in [2.75, 3.05) is 29.9 Å². The van der Waals surface area contributed by atoms with Crippen molar-refractivity contribution in [1.82, 2.24) is 14.5 Å². The number of pyridine rings is 1. The molecular weight excluding hydrogens is 388 g/mol. The molecule has 3 heterocycles. The molecular formula is C24H28N6O. The van der Waals surface area contributed by atoms with Gasteiger partial charge in [-0.3, -0.25) is 14.3 Å². The third-order valence-corrected chi connectivity index (χ3v) is 5.68. The second kappa shape index (κ2) is 8.78. The van der Waals surface area contributed by atoms with E-state index >= 15 is 0 Å². The monoisotopic (exact) mass is 416 g/mol. The van der Waals surface area contributed by atoms with Gasteiger partial charge in [0.1, 0.15) is 11.5 Å². The van der Waals surface area contributed by atoms with Gasteiger partial charge < -0.3 is 10.6 Å². The van der Waals surface area contributed by atoms with E-state index in [1.165, 1.54) is 0 Å². The molecule has 1 atom stereocenters. The van der Waals surface area contributed by atoms with Gasteiger partial charge in [0.2, 0.25) is 5.95 Å². The first-order chi connectivity index (χ1) is 15.0. The summed E-state index contributed by atoms with van der Waals surface area (Å²) in [6.07, 6.45) is 3.66. The number of hydrogen-bond acceptors (Lipinski definition) is 5. The Morgan fingerprint density at radius 2 is 2.16 bits per heavy atom. The predicted octanol–water partition coefficient (Wildman–Crippen LogP) is 2.97. The van der Waals surface area contributed by atoms with E-state index < -0.39 is 0 Å². The maximum absolute atomic E-state index is 13.6. The zero-order chi connectivity index (χ0) is 22.0. The standard InChI is InChI=1S/C24H28N6O/c1-4-5-13-30-21(15-26-24(30)29-12-8-10-19(25)16-29)23(31)28(3)22-20-11-7-6-9-18(20)14-17(2)27-22/h6-7,9,11,14-15,19H,8,10,12-13,16,25H2,1-3H3. The normalized spacial score (nSPS) is 16.1. The van der Waals surface area contributed by atoms with Crippen LogP contribution in [0.3, 0.4) is 0 Å². The van der Waals surface area contributed by atoms with E-state index in [4.69, 9.17) is 5.73 Å². The van der Waals surface area contributed by atoms with Crippen molar-refractivity contribution in [1.29, 1.82) is 0 Å². The molecule has 3 aromatic rings. The summed E-state index contributed by atoms with van der Waals surface area (Å²) >= 11 is 0. The number of fused-ring (bicyclic) bond motifs is 1. The van der Waals surface area contributed by atoms with Crippen molar-refractivity contribution in [2.45, 2.75) is 39.3 Å². The largest absolute Gasteiger partial charge is 0.341 e. The third-order valence-electron chi connectivity index (χ3n) is 5.68. The van der Waals surface area contributed by atoms with Gasteiger partial charge in [-0.2, -0.15) is 0 Å². The predicted molar refractivity (Wildman–Crippen MR) is 124 cm³/mol. The minimum atomic E-state index is -0.166. The number of nitrogens with zero attached hydrogens (tertiary/aromatic N) is 5. The molecule has 0 radical (unpaired) electrons. The number of aromatic nitrogens is 3. The molecule has 1 aromatic carbocycles. The quantitative estimate of drug-likeness (QED) is 0.662. The molecule has 7 nitrogen and oxygen atoms in total.